The van der Waals surface area contributed by atoms with Crippen LogP contribution < -0.4 is 11.3 Å². The van der Waals surface area contributed by atoms with Crippen LogP contribution in [0.15, 0.2) is 22.7 Å². The third-order valence-corrected chi connectivity index (χ3v) is 4.39. The molecule has 0 saturated carbocycles. The summed E-state index contributed by atoms with van der Waals surface area (Å²) in [5, 5.41) is 0. The van der Waals surface area contributed by atoms with Crippen molar-refractivity contribution in [3.63, 3.8) is 0 Å². The van der Waals surface area contributed by atoms with Gasteiger partial charge in [-0.05, 0) is 52.3 Å². The van der Waals surface area contributed by atoms with Gasteiger partial charge in [-0.2, -0.15) is 0 Å². The smallest absolute Gasteiger partial charge is 0.0499 e. The second-order valence-corrected chi connectivity index (χ2v) is 5.99. The molecule has 0 spiro atoms. The SMILES string of the molecule is CCC(CC)C(NN)c1cc(I)ccc1Br. The molecule has 1 rings (SSSR count). The van der Waals surface area contributed by atoms with Gasteiger partial charge in [0.05, 0.1) is 0 Å². The first-order chi connectivity index (χ1) is 7.63. The van der Waals surface area contributed by atoms with E-state index in [1.54, 1.807) is 0 Å². The average Bonchev–Trinajstić information content (AvgIpc) is 2.29. The predicted octanol–water partition coefficient (Wildman–Crippen LogP) is 3.99. The first-order valence-electron chi connectivity index (χ1n) is 5.55. The zero-order valence-corrected chi connectivity index (χ0v) is 13.4. The summed E-state index contributed by atoms with van der Waals surface area (Å²) in [7, 11) is 0. The first-order valence-corrected chi connectivity index (χ1v) is 7.42. The molecular weight excluding hydrogens is 379 g/mol. The summed E-state index contributed by atoms with van der Waals surface area (Å²) in [6.45, 7) is 4.42. The van der Waals surface area contributed by atoms with E-state index in [0.29, 0.717) is 5.92 Å². The summed E-state index contributed by atoms with van der Waals surface area (Å²) in [4.78, 5) is 0. The van der Waals surface area contributed by atoms with Crippen LogP contribution in [-0.4, -0.2) is 0 Å². The maximum absolute atomic E-state index is 5.70. The Balaban J connectivity index is 3.06. The zero-order chi connectivity index (χ0) is 12.1. The molecule has 3 N–H and O–H groups in total. The van der Waals surface area contributed by atoms with E-state index in [-0.39, 0.29) is 6.04 Å². The Kier molecular flexibility index (Phi) is 6.25. The average molecular weight is 397 g/mol. The fraction of sp³-hybridized carbons (Fsp3) is 0.500. The van der Waals surface area contributed by atoms with Gasteiger partial charge in [0.15, 0.2) is 0 Å². The second-order valence-electron chi connectivity index (χ2n) is 3.89. The van der Waals surface area contributed by atoms with Crippen molar-refractivity contribution in [3.8, 4) is 0 Å². The van der Waals surface area contributed by atoms with Gasteiger partial charge in [0.2, 0.25) is 0 Å². The van der Waals surface area contributed by atoms with Crippen LogP contribution in [-0.2, 0) is 0 Å². The standard InChI is InChI=1S/C12H18BrIN2/c1-3-8(4-2)12(16-15)10-7-9(14)5-6-11(10)13/h5-8,12,16H,3-4,15H2,1-2H3. The summed E-state index contributed by atoms with van der Waals surface area (Å²) < 4.78 is 2.37. The topological polar surface area (TPSA) is 38.0 Å². The third kappa shape index (κ3) is 3.42. The molecule has 16 heavy (non-hydrogen) atoms. The van der Waals surface area contributed by atoms with Crippen molar-refractivity contribution in [2.45, 2.75) is 32.7 Å². The largest absolute Gasteiger partial charge is 0.271 e. The quantitative estimate of drug-likeness (QED) is 0.448. The van der Waals surface area contributed by atoms with Crippen molar-refractivity contribution >= 4 is 38.5 Å². The van der Waals surface area contributed by atoms with Gasteiger partial charge in [-0.25, -0.2) is 0 Å². The number of halogens is 2. The molecule has 0 heterocycles. The van der Waals surface area contributed by atoms with Gasteiger partial charge in [-0.15, -0.1) is 0 Å². The fourth-order valence-electron chi connectivity index (χ4n) is 1.99. The summed E-state index contributed by atoms with van der Waals surface area (Å²) >= 11 is 5.93. The zero-order valence-electron chi connectivity index (χ0n) is 9.63. The Bertz CT molecular complexity index is 340. The molecule has 4 heteroatoms. The molecule has 0 aromatic heterocycles. The van der Waals surface area contributed by atoms with Gasteiger partial charge in [-0.3, -0.25) is 11.3 Å². The van der Waals surface area contributed by atoms with Gasteiger partial charge >= 0.3 is 0 Å². The summed E-state index contributed by atoms with van der Waals surface area (Å²) in [6, 6.07) is 6.59. The molecule has 0 aliphatic rings. The Morgan fingerprint density at radius 3 is 2.50 bits per heavy atom. The number of hydrogen-bond donors (Lipinski definition) is 2. The van der Waals surface area contributed by atoms with Crippen LogP contribution in [0.2, 0.25) is 0 Å². The van der Waals surface area contributed by atoms with E-state index in [4.69, 9.17) is 5.84 Å². The van der Waals surface area contributed by atoms with Crippen LogP contribution in [0.25, 0.3) is 0 Å². The number of hydrogen-bond acceptors (Lipinski definition) is 2. The molecular formula is C12H18BrIN2. The lowest BCUT2D eigenvalue weighted by Crippen LogP contribution is -2.33. The molecule has 0 radical (unpaired) electrons. The van der Waals surface area contributed by atoms with Crippen molar-refractivity contribution in [2.75, 3.05) is 0 Å². The molecule has 1 aromatic rings. The monoisotopic (exact) mass is 396 g/mol. The van der Waals surface area contributed by atoms with Crippen LogP contribution in [0.4, 0.5) is 0 Å². The summed E-state index contributed by atoms with van der Waals surface area (Å²) in [6.07, 6.45) is 2.26. The van der Waals surface area contributed by atoms with Crippen LogP contribution >= 0.6 is 38.5 Å². The molecule has 0 saturated heterocycles. The molecule has 0 aliphatic heterocycles. The lowest BCUT2D eigenvalue weighted by atomic mass is 9.89. The minimum absolute atomic E-state index is 0.221. The summed E-state index contributed by atoms with van der Waals surface area (Å²) in [5.74, 6) is 6.27. The van der Waals surface area contributed by atoms with E-state index in [1.165, 1.54) is 9.13 Å². The molecule has 90 valence electrons. The number of benzene rings is 1. The van der Waals surface area contributed by atoms with Crippen molar-refractivity contribution in [3.05, 3.63) is 31.8 Å². The van der Waals surface area contributed by atoms with Gasteiger partial charge < -0.3 is 0 Å². The lowest BCUT2D eigenvalue weighted by molar-refractivity contribution is 0.344. The minimum Gasteiger partial charge on any atom is -0.271 e. The molecule has 2 nitrogen and oxygen atoms in total. The van der Waals surface area contributed by atoms with Crippen molar-refractivity contribution in [1.29, 1.82) is 0 Å². The van der Waals surface area contributed by atoms with Gasteiger partial charge in [0, 0.05) is 14.1 Å². The molecule has 1 atom stereocenters. The molecule has 1 aromatic carbocycles. The van der Waals surface area contributed by atoms with E-state index >= 15 is 0 Å². The second kappa shape index (κ2) is 6.93. The van der Waals surface area contributed by atoms with Crippen LogP contribution in [0.3, 0.4) is 0 Å². The molecule has 0 aliphatic carbocycles. The normalized spacial score (nSPS) is 13.1. The van der Waals surface area contributed by atoms with E-state index in [2.05, 4.69) is 76.0 Å². The van der Waals surface area contributed by atoms with Crippen molar-refractivity contribution < 1.29 is 0 Å². The number of nitrogens with one attached hydrogen (secondary N) is 1. The van der Waals surface area contributed by atoms with Gasteiger partial charge in [0.25, 0.3) is 0 Å². The van der Waals surface area contributed by atoms with E-state index in [9.17, 15) is 0 Å². The third-order valence-electron chi connectivity index (χ3n) is 2.99. The maximum Gasteiger partial charge on any atom is 0.0499 e. The van der Waals surface area contributed by atoms with Gasteiger partial charge in [-0.1, -0.05) is 42.6 Å². The highest BCUT2D eigenvalue weighted by molar-refractivity contribution is 14.1. The number of hydrazine groups is 1. The van der Waals surface area contributed by atoms with Crippen LogP contribution in [0.1, 0.15) is 38.3 Å². The highest BCUT2D eigenvalue weighted by Gasteiger charge is 2.21. The van der Waals surface area contributed by atoms with E-state index < -0.39 is 0 Å². The Morgan fingerprint density at radius 1 is 1.38 bits per heavy atom. The highest BCUT2D eigenvalue weighted by atomic mass is 127. The van der Waals surface area contributed by atoms with Gasteiger partial charge in [0.1, 0.15) is 0 Å². The first kappa shape index (κ1) is 14.4. The van der Waals surface area contributed by atoms with Crippen LogP contribution in [0, 0.1) is 9.49 Å². The summed E-state index contributed by atoms with van der Waals surface area (Å²) in [5.41, 5.74) is 4.21. The van der Waals surface area contributed by atoms with E-state index in [0.717, 1.165) is 17.3 Å². The Labute approximate surface area is 120 Å². The fourth-order valence-corrected chi connectivity index (χ4v) is 3.00. The van der Waals surface area contributed by atoms with E-state index in [1.807, 2.05) is 0 Å². The number of nitrogens with two attached hydrogens (primary N) is 1. The number of rotatable bonds is 5. The van der Waals surface area contributed by atoms with Crippen molar-refractivity contribution in [1.82, 2.24) is 5.43 Å². The minimum atomic E-state index is 0.221. The maximum atomic E-state index is 5.70. The predicted molar refractivity (Wildman–Crippen MR) is 81.0 cm³/mol. The van der Waals surface area contributed by atoms with Crippen LogP contribution in [0.5, 0.6) is 0 Å². The Morgan fingerprint density at radius 2 is 2.00 bits per heavy atom. The molecule has 1 unspecified atom stereocenters. The highest BCUT2D eigenvalue weighted by Crippen LogP contribution is 2.32. The lowest BCUT2D eigenvalue weighted by Gasteiger charge is -2.26. The molecule has 0 bridgehead atoms. The van der Waals surface area contributed by atoms with Crippen molar-refractivity contribution in [2.24, 2.45) is 11.8 Å². The Hall–Kier alpha value is 0.350. The molecule has 0 amide bonds. The molecule has 0 fully saturated rings.